The van der Waals surface area contributed by atoms with Crippen LogP contribution in [0.25, 0.3) is 0 Å². The topological polar surface area (TPSA) is 90.0 Å². The van der Waals surface area contributed by atoms with Crippen LogP contribution in [0.3, 0.4) is 0 Å². The molecule has 2 aromatic carbocycles. The summed E-state index contributed by atoms with van der Waals surface area (Å²) in [6.07, 6.45) is 1.44. The first-order chi connectivity index (χ1) is 15.3. The van der Waals surface area contributed by atoms with Crippen LogP contribution in [-0.4, -0.2) is 68.7 Å². The summed E-state index contributed by atoms with van der Waals surface area (Å²) in [7, 11) is -3.66. The molecule has 0 saturated carbocycles. The Morgan fingerprint density at radius 3 is 2.28 bits per heavy atom. The van der Waals surface area contributed by atoms with E-state index in [9.17, 15) is 18.0 Å². The molecule has 0 spiro atoms. The Hall–Kier alpha value is -2.46. The minimum atomic E-state index is -3.66. The molecular weight excluding hydrogens is 452 g/mol. The molecule has 0 atom stereocenters. The maximum atomic E-state index is 12.8. The number of nitrogens with one attached hydrogen (secondary N) is 1. The van der Waals surface area contributed by atoms with Crippen LogP contribution in [0.4, 0.5) is 11.4 Å². The van der Waals surface area contributed by atoms with Crippen LogP contribution in [0.1, 0.15) is 12.8 Å². The van der Waals surface area contributed by atoms with E-state index in [4.69, 9.17) is 11.6 Å². The molecule has 2 aromatic rings. The van der Waals surface area contributed by atoms with Crippen molar-refractivity contribution >= 4 is 44.8 Å². The zero-order chi connectivity index (χ0) is 22.7. The zero-order valence-electron chi connectivity index (χ0n) is 17.5. The minimum absolute atomic E-state index is 0.104. The number of sulfonamides is 1. The molecule has 0 bridgehead atoms. The van der Waals surface area contributed by atoms with E-state index in [0.717, 1.165) is 18.7 Å². The molecule has 2 amide bonds. The summed E-state index contributed by atoms with van der Waals surface area (Å²) in [5.41, 5.74) is 1.49. The molecule has 2 aliphatic rings. The van der Waals surface area contributed by atoms with Crippen molar-refractivity contribution in [2.45, 2.75) is 17.7 Å². The highest BCUT2D eigenvalue weighted by molar-refractivity contribution is 7.89. The van der Waals surface area contributed by atoms with E-state index >= 15 is 0 Å². The van der Waals surface area contributed by atoms with Gasteiger partial charge in [-0.3, -0.25) is 14.5 Å². The quantitative estimate of drug-likeness (QED) is 0.691. The normalized spacial score (nSPS) is 18.2. The Balaban J connectivity index is 1.28. The van der Waals surface area contributed by atoms with E-state index in [1.807, 2.05) is 17.0 Å². The highest BCUT2D eigenvalue weighted by atomic mass is 35.5. The van der Waals surface area contributed by atoms with Crippen molar-refractivity contribution in [1.29, 1.82) is 0 Å². The Labute approximate surface area is 192 Å². The van der Waals surface area contributed by atoms with Gasteiger partial charge in [0.1, 0.15) is 4.90 Å². The maximum absolute atomic E-state index is 12.8. The molecule has 0 unspecified atom stereocenters. The van der Waals surface area contributed by atoms with Crippen LogP contribution >= 0.6 is 11.6 Å². The lowest BCUT2D eigenvalue weighted by Gasteiger charge is -2.33. The van der Waals surface area contributed by atoms with Gasteiger partial charge in [0.25, 0.3) is 0 Å². The number of carbonyl (C=O) groups is 2. The van der Waals surface area contributed by atoms with Gasteiger partial charge in [0.15, 0.2) is 0 Å². The first kappa shape index (κ1) is 22.7. The summed E-state index contributed by atoms with van der Waals surface area (Å²) in [6.45, 7) is 2.38. The van der Waals surface area contributed by atoms with Gasteiger partial charge in [-0.15, -0.1) is 0 Å². The third kappa shape index (κ3) is 4.96. The van der Waals surface area contributed by atoms with E-state index in [2.05, 4.69) is 5.32 Å². The number of anilines is 2. The minimum Gasteiger partial charge on any atom is -0.325 e. The molecule has 1 N–H and O–H groups in total. The largest absolute Gasteiger partial charge is 0.325 e. The van der Waals surface area contributed by atoms with Gasteiger partial charge in [-0.25, -0.2) is 8.42 Å². The summed E-state index contributed by atoms with van der Waals surface area (Å²) in [5.74, 6) is -0.0464. The standard InChI is InChI=1S/C22H25ClN4O4S/c23-19-4-1-2-5-20(19)32(30,31)26-14-12-25(13-15-26)16-21(28)24-17-7-9-18(10-8-17)27-11-3-6-22(27)29/h1-2,4-5,7-10H,3,6,11-16H2,(H,24,28). The molecular formula is C22H25ClN4O4S. The molecule has 170 valence electrons. The fourth-order valence-corrected chi connectivity index (χ4v) is 5.89. The fourth-order valence-electron chi connectivity index (χ4n) is 3.97. The second-order valence-electron chi connectivity index (χ2n) is 7.85. The summed E-state index contributed by atoms with van der Waals surface area (Å²) in [4.78, 5) is 28.1. The molecule has 2 saturated heterocycles. The van der Waals surface area contributed by atoms with Crippen molar-refractivity contribution in [3.8, 4) is 0 Å². The van der Waals surface area contributed by atoms with Crippen molar-refractivity contribution in [3.63, 3.8) is 0 Å². The van der Waals surface area contributed by atoms with E-state index in [-0.39, 0.29) is 28.3 Å². The molecule has 2 aliphatic heterocycles. The van der Waals surface area contributed by atoms with Crippen LogP contribution in [0, 0.1) is 0 Å². The van der Waals surface area contributed by atoms with Crippen molar-refractivity contribution < 1.29 is 18.0 Å². The lowest BCUT2D eigenvalue weighted by Crippen LogP contribution is -2.50. The number of carbonyl (C=O) groups excluding carboxylic acids is 2. The molecule has 2 heterocycles. The monoisotopic (exact) mass is 476 g/mol. The van der Waals surface area contributed by atoms with Gasteiger partial charge in [-0.1, -0.05) is 23.7 Å². The average molecular weight is 477 g/mol. The van der Waals surface area contributed by atoms with E-state index in [1.54, 1.807) is 35.2 Å². The summed E-state index contributed by atoms with van der Waals surface area (Å²) in [5, 5.41) is 3.06. The number of amides is 2. The summed E-state index contributed by atoms with van der Waals surface area (Å²) < 4.78 is 27.1. The van der Waals surface area contributed by atoms with Gasteiger partial charge in [0, 0.05) is 50.5 Å². The third-order valence-electron chi connectivity index (χ3n) is 5.69. The van der Waals surface area contributed by atoms with Crippen LogP contribution in [0.2, 0.25) is 5.02 Å². The van der Waals surface area contributed by atoms with Crippen molar-refractivity contribution in [1.82, 2.24) is 9.21 Å². The van der Waals surface area contributed by atoms with Crippen molar-refractivity contribution in [2.24, 2.45) is 0 Å². The van der Waals surface area contributed by atoms with Crippen LogP contribution in [-0.2, 0) is 19.6 Å². The fraction of sp³-hybridized carbons (Fsp3) is 0.364. The molecule has 32 heavy (non-hydrogen) atoms. The van der Waals surface area contributed by atoms with Gasteiger partial charge in [0.05, 0.1) is 11.6 Å². The number of nitrogens with zero attached hydrogens (tertiary/aromatic N) is 3. The highest BCUT2D eigenvalue weighted by Crippen LogP contribution is 2.25. The number of rotatable bonds is 6. The summed E-state index contributed by atoms with van der Waals surface area (Å²) in [6, 6.07) is 13.6. The van der Waals surface area contributed by atoms with Gasteiger partial charge >= 0.3 is 0 Å². The molecule has 2 fully saturated rings. The van der Waals surface area contributed by atoms with Crippen LogP contribution < -0.4 is 10.2 Å². The number of hydrogen-bond acceptors (Lipinski definition) is 5. The SMILES string of the molecule is O=C(CN1CCN(S(=O)(=O)c2ccccc2Cl)CC1)Nc1ccc(N2CCCC2=O)cc1. The molecule has 0 aromatic heterocycles. The maximum Gasteiger partial charge on any atom is 0.244 e. The average Bonchev–Trinajstić information content (AvgIpc) is 3.20. The number of benzene rings is 2. The van der Waals surface area contributed by atoms with Crippen LogP contribution in [0.5, 0.6) is 0 Å². The van der Waals surface area contributed by atoms with Gasteiger partial charge in [-0.2, -0.15) is 4.31 Å². The van der Waals surface area contributed by atoms with E-state index in [0.29, 0.717) is 38.3 Å². The molecule has 4 rings (SSSR count). The predicted molar refractivity (Wildman–Crippen MR) is 123 cm³/mol. The molecule has 0 radical (unpaired) electrons. The molecule has 10 heteroatoms. The number of piperazine rings is 1. The Kier molecular flexibility index (Phi) is 6.80. The van der Waals surface area contributed by atoms with E-state index < -0.39 is 10.0 Å². The Bertz CT molecular complexity index is 1100. The van der Waals surface area contributed by atoms with Crippen molar-refractivity contribution in [2.75, 3.05) is 49.5 Å². The first-order valence-corrected chi connectivity index (χ1v) is 12.3. The van der Waals surface area contributed by atoms with Gasteiger partial charge < -0.3 is 10.2 Å². The lowest BCUT2D eigenvalue weighted by atomic mass is 10.2. The number of hydrogen-bond donors (Lipinski definition) is 1. The smallest absolute Gasteiger partial charge is 0.244 e. The molecule has 8 nitrogen and oxygen atoms in total. The van der Waals surface area contributed by atoms with Crippen molar-refractivity contribution in [3.05, 3.63) is 53.6 Å². The summed E-state index contributed by atoms with van der Waals surface area (Å²) >= 11 is 6.07. The predicted octanol–water partition coefficient (Wildman–Crippen LogP) is 2.41. The second-order valence-corrected chi connectivity index (χ2v) is 10.2. The first-order valence-electron chi connectivity index (χ1n) is 10.5. The van der Waals surface area contributed by atoms with Gasteiger partial charge in [0.2, 0.25) is 21.8 Å². The zero-order valence-corrected chi connectivity index (χ0v) is 19.1. The number of halogens is 1. The van der Waals surface area contributed by atoms with Gasteiger partial charge in [-0.05, 0) is 42.8 Å². The Morgan fingerprint density at radius 2 is 1.66 bits per heavy atom. The van der Waals surface area contributed by atoms with Crippen LogP contribution in [0.15, 0.2) is 53.4 Å². The third-order valence-corrected chi connectivity index (χ3v) is 8.09. The lowest BCUT2D eigenvalue weighted by molar-refractivity contribution is -0.118. The van der Waals surface area contributed by atoms with E-state index in [1.165, 1.54) is 10.4 Å². The molecule has 0 aliphatic carbocycles. The highest BCUT2D eigenvalue weighted by Gasteiger charge is 2.30. The second kappa shape index (κ2) is 9.58. The Morgan fingerprint density at radius 1 is 0.969 bits per heavy atom.